The lowest BCUT2D eigenvalue weighted by atomic mass is 10.0. The van der Waals surface area contributed by atoms with Crippen molar-refractivity contribution >= 4 is 27.3 Å². The third-order valence-electron chi connectivity index (χ3n) is 4.07. The summed E-state index contributed by atoms with van der Waals surface area (Å²) in [6, 6.07) is 3.36. The van der Waals surface area contributed by atoms with E-state index in [-0.39, 0.29) is 0 Å². The number of halogens is 1. The van der Waals surface area contributed by atoms with Crippen LogP contribution in [0.5, 0.6) is 0 Å². The van der Waals surface area contributed by atoms with Gasteiger partial charge < -0.3 is 15.1 Å². The molecule has 0 amide bonds. The predicted octanol–water partition coefficient (Wildman–Crippen LogP) is 2.28. The van der Waals surface area contributed by atoms with Crippen molar-refractivity contribution in [3.05, 3.63) is 20.8 Å². The van der Waals surface area contributed by atoms with Gasteiger partial charge in [0.25, 0.3) is 0 Å². The molecule has 108 valence electrons. The maximum Gasteiger partial charge on any atom is 0.0314 e. The summed E-state index contributed by atoms with van der Waals surface area (Å²) in [6.07, 6.45) is 2.32. The van der Waals surface area contributed by atoms with Crippen molar-refractivity contribution in [2.75, 3.05) is 40.8 Å². The third kappa shape index (κ3) is 4.26. The summed E-state index contributed by atoms with van der Waals surface area (Å²) >= 11 is 5.48. The van der Waals surface area contributed by atoms with E-state index < -0.39 is 0 Å². The Morgan fingerprint density at radius 3 is 2.89 bits per heavy atom. The zero-order chi connectivity index (χ0) is 13.8. The van der Waals surface area contributed by atoms with Gasteiger partial charge in [-0.2, -0.15) is 0 Å². The van der Waals surface area contributed by atoms with Crippen LogP contribution in [-0.2, 0) is 6.42 Å². The topological polar surface area (TPSA) is 18.5 Å². The van der Waals surface area contributed by atoms with E-state index in [0.29, 0.717) is 12.1 Å². The fourth-order valence-corrected chi connectivity index (χ4v) is 4.28. The second kappa shape index (κ2) is 7.18. The molecule has 5 heteroatoms. The normalized spacial score (nSPS) is 23.7. The van der Waals surface area contributed by atoms with Gasteiger partial charge in [-0.3, -0.25) is 0 Å². The Hall–Kier alpha value is 0.0600. The average Bonchev–Trinajstić information content (AvgIpc) is 2.78. The highest BCUT2D eigenvalue weighted by Gasteiger charge is 2.25. The molecular weight excluding hydrogens is 322 g/mol. The van der Waals surface area contributed by atoms with Gasteiger partial charge in [0.1, 0.15) is 0 Å². The van der Waals surface area contributed by atoms with Crippen LogP contribution in [0.2, 0.25) is 0 Å². The molecular formula is C14H24BrN3S. The Kier molecular flexibility index (Phi) is 5.84. The number of hydrogen-bond donors (Lipinski definition) is 1. The first kappa shape index (κ1) is 15.4. The lowest BCUT2D eigenvalue weighted by Crippen LogP contribution is -2.52. The average molecular weight is 346 g/mol. The molecule has 0 spiro atoms. The van der Waals surface area contributed by atoms with Crippen molar-refractivity contribution in [2.45, 2.75) is 24.9 Å². The molecule has 1 aromatic heterocycles. The summed E-state index contributed by atoms with van der Waals surface area (Å²) in [4.78, 5) is 6.40. The molecule has 2 atom stereocenters. The lowest BCUT2D eigenvalue weighted by molar-refractivity contribution is 0.102. The maximum atomic E-state index is 3.63. The highest BCUT2D eigenvalue weighted by atomic mass is 79.9. The molecule has 1 fully saturated rings. The SMILES string of the molecule is CNC(Cc1sccc1Br)CC1CN(C)CCN1C. The molecule has 1 saturated heterocycles. The Morgan fingerprint density at radius 1 is 1.47 bits per heavy atom. The van der Waals surface area contributed by atoms with Crippen LogP contribution in [0.1, 0.15) is 11.3 Å². The largest absolute Gasteiger partial charge is 0.317 e. The summed E-state index contributed by atoms with van der Waals surface area (Å²) in [5.74, 6) is 0. The summed E-state index contributed by atoms with van der Waals surface area (Å²) in [6.45, 7) is 3.55. The van der Waals surface area contributed by atoms with Gasteiger partial charge in [-0.25, -0.2) is 0 Å². The number of nitrogens with zero attached hydrogens (tertiary/aromatic N) is 2. The molecule has 2 unspecified atom stereocenters. The van der Waals surface area contributed by atoms with Gasteiger partial charge in [0.2, 0.25) is 0 Å². The fourth-order valence-electron chi connectivity index (χ4n) is 2.68. The van der Waals surface area contributed by atoms with E-state index in [1.807, 2.05) is 11.3 Å². The highest BCUT2D eigenvalue weighted by Crippen LogP contribution is 2.25. The highest BCUT2D eigenvalue weighted by molar-refractivity contribution is 9.10. The molecule has 1 aliphatic rings. The lowest BCUT2D eigenvalue weighted by Gasteiger charge is -2.39. The van der Waals surface area contributed by atoms with Crippen LogP contribution in [0.4, 0.5) is 0 Å². The molecule has 0 radical (unpaired) electrons. The number of rotatable bonds is 5. The number of thiophene rings is 1. The predicted molar refractivity (Wildman–Crippen MR) is 87.1 cm³/mol. The minimum absolute atomic E-state index is 0.550. The van der Waals surface area contributed by atoms with E-state index in [1.165, 1.54) is 35.4 Å². The monoisotopic (exact) mass is 345 g/mol. The first-order chi connectivity index (χ1) is 9.10. The number of likely N-dealkylation sites (N-methyl/N-ethyl adjacent to an activating group) is 3. The van der Waals surface area contributed by atoms with Crippen LogP contribution in [-0.4, -0.2) is 62.7 Å². The van der Waals surface area contributed by atoms with Crippen molar-refractivity contribution in [2.24, 2.45) is 0 Å². The van der Waals surface area contributed by atoms with E-state index in [4.69, 9.17) is 0 Å². The van der Waals surface area contributed by atoms with Crippen LogP contribution in [0.3, 0.4) is 0 Å². The number of hydrogen-bond acceptors (Lipinski definition) is 4. The second-order valence-corrected chi connectivity index (χ2v) is 7.37. The first-order valence-electron chi connectivity index (χ1n) is 6.88. The van der Waals surface area contributed by atoms with E-state index in [0.717, 1.165) is 6.42 Å². The van der Waals surface area contributed by atoms with Gasteiger partial charge in [-0.15, -0.1) is 11.3 Å². The minimum Gasteiger partial charge on any atom is -0.317 e. The minimum atomic E-state index is 0.550. The third-order valence-corrected chi connectivity index (χ3v) is 6.02. The Morgan fingerprint density at radius 2 is 2.26 bits per heavy atom. The van der Waals surface area contributed by atoms with Crippen LogP contribution >= 0.6 is 27.3 Å². The van der Waals surface area contributed by atoms with E-state index in [1.54, 1.807) is 0 Å². The first-order valence-corrected chi connectivity index (χ1v) is 8.55. The van der Waals surface area contributed by atoms with Crippen molar-refractivity contribution in [3.63, 3.8) is 0 Å². The molecule has 3 nitrogen and oxygen atoms in total. The van der Waals surface area contributed by atoms with Crippen molar-refractivity contribution in [3.8, 4) is 0 Å². The summed E-state index contributed by atoms with van der Waals surface area (Å²) in [7, 11) is 6.56. The van der Waals surface area contributed by atoms with Gasteiger partial charge in [-0.1, -0.05) is 0 Å². The standard InChI is InChI=1S/C14H24BrN3S/c1-16-11(9-14-13(15)4-7-19-14)8-12-10-17(2)5-6-18(12)3/h4,7,11-12,16H,5-6,8-10H2,1-3H3. The number of nitrogens with one attached hydrogen (secondary N) is 1. The molecule has 0 saturated carbocycles. The van der Waals surface area contributed by atoms with Crippen LogP contribution in [0.15, 0.2) is 15.9 Å². The second-order valence-electron chi connectivity index (χ2n) is 5.51. The van der Waals surface area contributed by atoms with Gasteiger partial charge >= 0.3 is 0 Å². The smallest absolute Gasteiger partial charge is 0.0314 e. The van der Waals surface area contributed by atoms with Crippen molar-refractivity contribution in [1.82, 2.24) is 15.1 Å². The summed E-state index contributed by atoms with van der Waals surface area (Å²) < 4.78 is 1.26. The molecule has 1 aromatic rings. The van der Waals surface area contributed by atoms with E-state index in [9.17, 15) is 0 Å². The van der Waals surface area contributed by atoms with Gasteiger partial charge in [0.05, 0.1) is 0 Å². The molecule has 0 aromatic carbocycles. The quantitative estimate of drug-likeness (QED) is 0.883. The number of piperazine rings is 1. The summed E-state index contributed by atoms with van der Waals surface area (Å²) in [5, 5.41) is 5.65. The Labute approximate surface area is 129 Å². The van der Waals surface area contributed by atoms with Crippen molar-refractivity contribution in [1.29, 1.82) is 0 Å². The molecule has 19 heavy (non-hydrogen) atoms. The maximum absolute atomic E-state index is 3.63. The molecule has 2 rings (SSSR count). The van der Waals surface area contributed by atoms with Crippen LogP contribution in [0.25, 0.3) is 0 Å². The van der Waals surface area contributed by atoms with Crippen LogP contribution < -0.4 is 5.32 Å². The zero-order valence-electron chi connectivity index (χ0n) is 12.0. The molecule has 1 aliphatic heterocycles. The molecule has 1 N–H and O–H groups in total. The van der Waals surface area contributed by atoms with Gasteiger partial charge in [-0.05, 0) is 61.4 Å². The van der Waals surface area contributed by atoms with Gasteiger partial charge in [0, 0.05) is 41.1 Å². The Bertz CT molecular complexity index is 396. The van der Waals surface area contributed by atoms with E-state index in [2.05, 4.69) is 63.6 Å². The van der Waals surface area contributed by atoms with Gasteiger partial charge in [0.15, 0.2) is 0 Å². The summed E-state index contributed by atoms with van der Waals surface area (Å²) in [5.41, 5.74) is 0. The Balaban J connectivity index is 1.93. The zero-order valence-corrected chi connectivity index (χ0v) is 14.4. The molecule has 2 heterocycles. The van der Waals surface area contributed by atoms with Crippen LogP contribution in [0, 0.1) is 0 Å². The molecule has 0 aliphatic carbocycles. The molecule has 0 bridgehead atoms. The fraction of sp³-hybridized carbons (Fsp3) is 0.714. The van der Waals surface area contributed by atoms with E-state index >= 15 is 0 Å². The van der Waals surface area contributed by atoms with Crippen molar-refractivity contribution < 1.29 is 0 Å².